The van der Waals surface area contributed by atoms with Crippen LogP contribution in [0, 0.1) is 0 Å². The summed E-state index contributed by atoms with van der Waals surface area (Å²) in [6.07, 6.45) is 10.2. The highest BCUT2D eigenvalue weighted by Gasteiger charge is 2.75. The predicted molar refractivity (Wildman–Crippen MR) is 109 cm³/mol. The van der Waals surface area contributed by atoms with Crippen molar-refractivity contribution in [1.29, 1.82) is 0 Å². The van der Waals surface area contributed by atoms with Crippen molar-refractivity contribution in [3.63, 3.8) is 0 Å². The van der Waals surface area contributed by atoms with Crippen LogP contribution in [-0.4, -0.2) is 57.4 Å². The average molecular weight is 430 g/mol. The van der Waals surface area contributed by atoms with E-state index in [-0.39, 0.29) is 6.42 Å². The molecule has 0 unspecified atom stereocenters. The van der Waals surface area contributed by atoms with Crippen LogP contribution in [0.2, 0.25) is 0 Å². The fourth-order valence-electron chi connectivity index (χ4n) is 3.56. The molecule has 2 aliphatic heterocycles. The molecule has 8 heteroatoms. The van der Waals surface area contributed by atoms with Gasteiger partial charge in [-0.25, -0.2) is 0 Å². The molecule has 3 aliphatic rings. The Labute approximate surface area is 180 Å². The molecule has 3 rings (SSSR count). The van der Waals surface area contributed by atoms with E-state index in [1.807, 2.05) is 25.2 Å². The Morgan fingerprint density at radius 2 is 1.94 bits per heavy atom. The van der Waals surface area contributed by atoms with Gasteiger partial charge in [0.05, 0.1) is 18.6 Å². The van der Waals surface area contributed by atoms with Crippen LogP contribution in [0.3, 0.4) is 0 Å². The second kappa shape index (κ2) is 8.74. The summed E-state index contributed by atoms with van der Waals surface area (Å²) in [6, 6.07) is 0. The molecule has 0 aromatic carbocycles. The molecule has 0 saturated carbocycles. The van der Waals surface area contributed by atoms with Gasteiger partial charge >= 0.3 is 5.97 Å². The molecule has 0 aromatic rings. The molecule has 2 N–H and O–H groups in total. The number of aliphatic hydroxyl groups is 2. The van der Waals surface area contributed by atoms with Gasteiger partial charge in [-0.1, -0.05) is 30.4 Å². The number of esters is 1. The maximum atomic E-state index is 13.2. The first-order valence-electron chi connectivity index (χ1n) is 10.0. The minimum absolute atomic E-state index is 0.0360. The molecule has 5 atom stereocenters. The number of aliphatic hydroxyl groups excluding tert-OH is 2. The Balaban J connectivity index is 1.77. The smallest absolute Gasteiger partial charge is 0.309 e. The van der Waals surface area contributed by atoms with E-state index in [0.717, 1.165) is 0 Å². The van der Waals surface area contributed by atoms with Crippen LogP contribution in [0.15, 0.2) is 59.9 Å². The summed E-state index contributed by atoms with van der Waals surface area (Å²) in [5, 5.41) is 19.1. The van der Waals surface area contributed by atoms with E-state index in [2.05, 4.69) is 0 Å². The van der Waals surface area contributed by atoms with Crippen molar-refractivity contribution >= 4 is 17.5 Å². The van der Waals surface area contributed by atoms with Crippen molar-refractivity contribution in [2.45, 2.75) is 63.3 Å². The molecular weight excluding hydrogens is 404 g/mol. The summed E-state index contributed by atoms with van der Waals surface area (Å²) >= 11 is 0. The molecule has 1 spiro atoms. The molecule has 0 aromatic heterocycles. The highest BCUT2D eigenvalue weighted by atomic mass is 16.8. The SMILES string of the molecule is C/C=C/C=C/C=C/C1=CC2=CC(=O)[C@](C)(OC(=O)C[C@H](O)C[C@H](C)O)C(=O)[C@]23O[C@@H]3O1. The molecule has 0 bridgehead atoms. The third-order valence-corrected chi connectivity index (χ3v) is 5.18. The monoisotopic (exact) mass is 430 g/mol. The van der Waals surface area contributed by atoms with Gasteiger partial charge in [-0.05, 0) is 45.4 Å². The molecule has 166 valence electrons. The lowest BCUT2D eigenvalue weighted by Crippen LogP contribution is -2.57. The molecule has 8 nitrogen and oxygen atoms in total. The number of ether oxygens (including phenoxy) is 3. The van der Waals surface area contributed by atoms with Gasteiger partial charge in [0, 0.05) is 5.57 Å². The number of ketones is 2. The predicted octanol–water partition coefficient (Wildman–Crippen LogP) is 1.59. The zero-order chi connectivity index (χ0) is 22.8. The molecule has 0 radical (unpaired) electrons. The van der Waals surface area contributed by atoms with Gasteiger partial charge in [-0.2, -0.15) is 0 Å². The maximum Gasteiger partial charge on any atom is 0.309 e. The van der Waals surface area contributed by atoms with Crippen LogP contribution in [0.4, 0.5) is 0 Å². The van der Waals surface area contributed by atoms with E-state index >= 15 is 0 Å². The lowest BCUT2D eigenvalue weighted by atomic mass is 9.75. The Hall–Kier alpha value is -2.81. The van der Waals surface area contributed by atoms with Crippen LogP contribution >= 0.6 is 0 Å². The van der Waals surface area contributed by atoms with E-state index in [0.29, 0.717) is 11.3 Å². The molecule has 1 saturated heterocycles. The largest absolute Gasteiger partial charge is 0.461 e. The normalized spacial score (nSPS) is 31.7. The van der Waals surface area contributed by atoms with Crippen molar-refractivity contribution < 1.29 is 38.8 Å². The zero-order valence-electron chi connectivity index (χ0n) is 17.6. The number of hydrogen-bond acceptors (Lipinski definition) is 8. The van der Waals surface area contributed by atoms with Crippen molar-refractivity contribution in [1.82, 2.24) is 0 Å². The number of hydrogen-bond donors (Lipinski definition) is 2. The van der Waals surface area contributed by atoms with Crippen molar-refractivity contribution in [3.05, 3.63) is 59.9 Å². The Kier molecular flexibility index (Phi) is 6.45. The van der Waals surface area contributed by atoms with Crippen molar-refractivity contribution in [2.24, 2.45) is 0 Å². The van der Waals surface area contributed by atoms with E-state index in [9.17, 15) is 24.6 Å². The number of epoxide rings is 1. The average Bonchev–Trinajstić information content (AvgIpc) is 3.40. The summed E-state index contributed by atoms with van der Waals surface area (Å²) in [4.78, 5) is 38.2. The Bertz CT molecular complexity index is 922. The highest BCUT2D eigenvalue weighted by Crippen LogP contribution is 2.54. The molecule has 0 amide bonds. The molecule has 2 heterocycles. The Morgan fingerprint density at radius 3 is 2.61 bits per heavy atom. The second-order valence-electron chi connectivity index (χ2n) is 7.86. The summed E-state index contributed by atoms with van der Waals surface area (Å²) in [7, 11) is 0. The van der Waals surface area contributed by atoms with Gasteiger partial charge in [0.2, 0.25) is 29.1 Å². The summed E-state index contributed by atoms with van der Waals surface area (Å²) in [5.41, 5.74) is -3.22. The van der Waals surface area contributed by atoms with Crippen LogP contribution in [0.5, 0.6) is 0 Å². The minimum Gasteiger partial charge on any atom is -0.461 e. The third-order valence-electron chi connectivity index (χ3n) is 5.18. The fraction of sp³-hybridized carbons (Fsp3) is 0.435. The van der Waals surface area contributed by atoms with Crippen molar-refractivity contribution in [3.8, 4) is 0 Å². The van der Waals surface area contributed by atoms with Crippen LogP contribution in [0.25, 0.3) is 0 Å². The first-order valence-corrected chi connectivity index (χ1v) is 10.0. The van der Waals surface area contributed by atoms with Gasteiger partial charge in [0.15, 0.2) is 0 Å². The summed E-state index contributed by atoms with van der Waals surface area (Å²) in [6.45, 7) is 4.58. The van der Waals surface area contributed by atoms with Gasteiger partial charge in [-0.15, -0.1) is 0 Å². The van der Waals surface area contributed by atoms with Crippen LogP contribution < -0.4 is 0 Å². The first kappa shape index (κ1) is 22.9. The molecule has 31 heavy (non-hydrogen) atoms. The third kappa shape index (κ3) is 4.46. The zero-order valence-corrected chi connectivity index (χ0v) is 17.6. The second-order valence-corrected chi connectivity index (χ2v) is 7.86. The fourth-order valence-corrected chi connectivity index (χ4v) is 3.56. The minimum atomic E-state index is -2.08. The van der Waals surface area contributed by atoms with E-state index in [1.54, 1.807) is 24.3 Å². The summed E-state index contributed by atoms with van der Waals surface area (Å²) < 4.78 is 16.4. The van der Waals surface area contributed by atoms with Gasteiger partial charge in [-0.3, -0.25) is 14.4 Å². The standard InChI is InChI=1S/C23H26O8/c1-4-5-6-7-8-9-17-11-15-12-18(26)22(3,20(28)23(15)21(29-17)31-23)30-19(27)13-16(25)10-14(2)24/h4-9,11-12,14,16,21,24-25H,10,13H2,1-3H3/b5-4+,7-6+,9-8+/t14-,16+,21-,22-,23+/m0/s1. The van der Waals surface area contributed by atoms with Gasteiger partial charge in [0.1, 0.15) is 5.76 Å². The van der Waals surface area contributed by atoms with Gasteiger partial charge < -0.3 is 24.4 Å². The quantitative estimate of drug-likeness (QED) is 0.258. The van der Waals surface area contributed by atoms with Gasteiger partial charge in [0.25, 0.3) is 0 Å². The van der Waals surface area contributed by atoms with Crippen LogP contribution in [0.1, 0.15) is 33.6 Å². The lowest BCUT2D eigenvalue weighted by molar-refractivity contribution is -0.173. The van der Waals surface area contributed by atoms with Crippen LogP contribution in [-0.2, 0) is 28.6 Å². The molecular formula is C23H26O8. The lowest BCUT2D eigenvalue weighted by Gasteiger charge is -2.33. The Morgan fingerprint density at radius 1 is 1.23 bits per heavy atom. The van der Waals surface area contributed by atoms with Crippen molar-refractivity contribution in [2.75, 3.05) is 0 Å². The number of rotatable bonds is 8. The number of allylic oxidation sites excluding steroid dienone is 6. The topological polar surface area (TPSA) is 123 Å². The molecule has 1 fully saturated rings. The molecule has 1 aliphatic carbocycles. The number of carbonyl (C=O) groups excluding carboxylic acids is 3. The summed E-state index contributed by atoms with van der Waals surface area (Å²) in [5.74, 6) is -1.91. The van der Waals surface area contributed by atoms with E-state index in [1.165, 1.54) is 19.9 Å². The van der Waals surface area contributed by atoms with E-state index in [4.69, 9.17) is 14.2 Å². The van der Waals surface area contributed by atoms with E-state index < -0.39 is 53.7 Å². The first-order chi connectivity index (χ1) is 14.6. The number of Topliss-reactive ketones (excluding diaryl/α,β-unsaturated/α-hetero) is 1. The number of carbonyl (C=O) groups is 3. The highest BCUT2D eigenvalue weighted by molar-refractivity contribution is 6.23. The maximum absolute atomic E-state index is 13.2.